The van der Waals surface area contributed by atoms with E-state index in [0.717, 1.165) is 32.0 Å². The van der Waals surface area contributed by atoms with E-state index in [1.165, 1.54) is 12.1 Å². The van der Waals surface area contributed by atoms with Crippen LogP contribution in [0, 0.1) is 5.82 Å². The van der Waals surface area contributed by atoms with E-state index in [2.05, 4.69) is 14.9 Å². The van der Waals surface area contributed by atoms with Gasteiger partial charge in [0, 0.05) is 32.4 Å². The van der Waals surface area contributed by atoms with Crippen LogP contribution >= 0.6 is 0 Å². The van der Waals surface area contributed by atoms with Gasteiger partial charge in [-0.25, -0.2) is 14.4 Å². The Bertz CT molecular complexity index is 714. The van der Waals surface area contributed by atoms with Crippen molar-refractivity contribution in [3.63, 3.8) is 0 Å². The number of guanidine groups is 1. The minimum absolute atomic E-state index is 0.281. The van der Waals surface area contributed by atoms with Crippen LogP contribution < -0.4 is 10.6 Å². The third kappa shape index (κ3) is 3.73. The van der Waals surface area contributed by atoms with E-state index in [0.29, 0.717) is 11.5 Å². The summed E-state index contributed by atoms with van der Waals surface area (Å²) >= 11 is 0. The number of nitrogens with zero attached hydrogens (tertiary/aromatic N) is 4. The lowest BCUT2D eigenvalue weighted by atomic mass is 10.2. The molecule has 1 aliphatic heterocycles. The predicted octanol–water partition coefficient (Wildman–Crippen LogP) is 1.56. The lowest BCUT2D eigenvalue weighted by molar-refractivity contribution is 0.379. The summed E-state index contributed by atoms with van der Waals surface area (Å²) in [5.74, 6) is 0.406. The summed E-state index contributed by atoms with van der Waals surface area (Å²) in [4.78, 5) is 12.9. The van der Waals surface area contributed by atoms with E-state index >= 15 is 0 Å². The Hall–Kier alpha value is -2.83. The van der Waals surface area contributed by atoms with Crippen LogP contribution in [-0.4, -0.2) is 47.1 Å². The first-order chi connectivity index (χ1) is 11.6. The minimum atomic E-state index is -0.648. The summed E-state index contributed by atoms with van der Waals surface area (Å²) in [5, 5.41) is 9.19. The molecule has 0 unspecified atom stereocenters. The molecule has 0 atom stereocenters. The van der Waals surface area contributed by atoms with Crippen molar-refractivity contribution in [2.24, 2.45) is 10.7 Å². The van der Waals surface area contributed by atoms with Crippen LogP contribution in [0.25, 0.3) is 0 Å². The number of hydrogen-bond acceptors (Lipinski definition) is 4. The maximum Gasteiger partial charge on any atom is 0.191 e. The first-order valence-corrected chi connectivity index (χ1v) is 7.82. The van der Waals surface area contributed by atoms with Crippen LogP contribution in [0.4, 0.5) is 10.2 Å². The number of aliphatic imine (C=N–C) groups is 1. The second-order valence-corrected chi connectivity index (χ2v) is 5.62. The van der Waals surface area contributed by atoms with Gasteiger partial charge in [-0.1, -0.05) is 12.1 Å². The summed E-state index contributed by atoms with van der Waals surface area (Å²) in [5.41, 5.74) is 6.71. The fourth-order valence-electron chi connectivity index (χ4n) is 2.63. The van der Waals surface area contributed by atoms with Crippen molar-refractivity contribution in [2.75, 3.05) is 31.1 Å². The first-order valence-electron chi connectivity index (χ1n) is 7.82. The van der Waals surface area contributed by atoms with Crippen molar-refractivity contribution in [1.82, 2.24) is 9.88 Å². The highest BCUT2D eigenvalue weighted by molar-refractivity contribution is 5.78. The third-order valence-corrected chi connectivity index (χ3v) is 4.01. The normalized spacial score (nSPS) is 15.6. The molecule has 1 saturated heterocycles. The smallest absolute Gasteiger partial charge is 0.191 e. The van der Waals surface area contributed by atoms with E-state index in [-0.39, 0.29) is 12.3 Å². The lowest BCUT2D eigenvalue weighted by Crippen LogP contribution is -2.51. The molecule has 3 rings (SSSR count). The number of nitrogens with two attached hydrogens (primary N) is 1. The van der Waals surface area contributed by atoms with E-state index in [4.69, 9.17) is 5.73 Å². The van der Waals surface area contributed by atoms with Crippen molar-refractivity contribution in [2.45, 2.75) is 6.54 Å². The Morgan fingerprint density at radius 3 is 2.67 bits per heavy atom. The largest absolute Gasteiger partial charge is 0.505 e. The summed E-state index contributed by atoms with van der Waals surface area (Å²) in [6.45, 7) is 3.44. The van der Waals surface area contributed by atoms with E-state index in [1.807, 2.05) is 23.1 Å². The van der Waals surface area contributed by atoms with Gasteiger partial charge in [0.15, 0.2) is 17.5 Å². The number of phenolic OH excluding ortho intramolecular Hbond substituents is 1. The molecule has 0 amide bonds. The minimum Gasteiger partial charge on any atom is -0.505 e. The van der Waals surface area contributed by atoms with Gasteiger partial charge in [-0.3, -0.25) is 0 Å². The van der Waals surface area contributed by atoms with Gasteiger partial charge in [0.1, 0.15) is 5.82 Å². The van der Waals surface area contributed by atoms with Crippen molar-refractivity contribution in [1.29, 1.82) is 0 Å². The molecule has 24 heavy (non-hydrogen) atoms. The summed E-state index contributed by atoms with van der Waals surface area (Å²) in [7, 11) is 0. The third-order valence-electron chi connectivity index (χ3n) is 4.01. The van der Waals surface area contributed by atoms with E-state index in [1.54, 1.807) is 12.3 Å². The quantitative estimate of drug-likeness (QED) is 0.660. The molecule has 126 valence electrons. The zero-order valence-corrected chi connectivity index (χ0v) is 13.3. The fourth-order valence-corrected chi connectivity index (χ4v) is 2.63. The van der Waals surface area contributed by atoms with Crippen LogP contribution in [0.5, 0.6) is 5.75 Å². The second kappa shape index (κ2) is 7.16. The molecule has 1 fully saturated rings. The SMILES string of the molecule is NC(=NCc1ccc(O)c(F)c1)N1CCN(c2ccccn2)CC1. The number of benzene rings is 1. The second-order valence-electron chi connectivity index (χ2n) is 5.62. The van der Waals surface area contributed by atoms with Crippen LogP contribution in [0.1, 0.15) is 5.56 Å². The number of rotatable bonds is 3. The highest BCUT2D eigenvalue weighted by Crippen LogP contribution is 2.17. The topological polar surface area (TPSA) is 78.0 Å². The van der Waals surface area contributed by atoms with Crippen molar-refractivity contribution < 1.29 is 9.50 Å². The maximum atomic E-state index is 13.3. The van der Waals surface area contributed by atoms with Gasteiger partial charge in [0.2, 0.25) is 0 Å². The molecular weight excluding hydrogens is 309 g/mol. The number of anilines is 1. The number of aromatic nitrogens is 1. The van der Waals surface area contributed by atoms with Crippen LogP contribution in [-0.2, 0) is 6.54 Å². The predicted molar refractivity (Wildman–Crippen MR) is 91.4 cm³/mol. The summed E-state index contributed by atoms with van der Waals surface area (Å²) < 4.78 is 13.3. The number of hydrogen-bond donors (Lipinski definition) is 2. The first kappa shape index (κ1) is 16.0. The molecule has 3 N–H and O–H groups in total. The summed E-state index contributed by atoms with van der Waals surface area (Å²) in [6.07, 6.45) is 1.79. The maximum absolute atomic E-state index is 13.3. The van der Waals surface area contributed by atoms with Crippen LogP contribution in [0.2, 0.25) is 0 Å². The molecule has 1 aromatic carbocycles. The van der Waals surface area contributed by atoms with Gasteiger partial charge in [-0.15, -0.1) is 0 Å². The molecule has 0 aliphatic carbocycles. The Morgan fingerprint density at radius 2 is 2.00 bits per heavy atom. The summed E-state index contributed by atoms with van der Waals surface area (Å²) in [6, 6.07) is 10.1. The molecule has 1 aromatic heterocycles. The van der Waals surface area contributed by atoms with E-state index in [9.17, 15) is 9.50 Å². The molecule has 2 aromatic rings. The molecule has 0 radical (unpaired) electrons. The van der Waals surface area contributed by atoms with Gasteiger partial charge in [0.25, 0.3) is 0 Å². The van der Waals surface area contributed by atoms with E-state index < -0.39 is 5.82 Å². The molecular formula is C17H20FN5O. The van der Waals surface area contributed by atoms with Crippen LogP contribution in [0.15, 0.2) is 47.6 Å². The van der Waals surface area contributed by atoms with Crippen molar-refractivity contribution in [3.8, 4) is 5.75 Å². The Morgan fingerprint density at radius 1 is 1.21 bits per heavy atom. The molecule has 1 aliphatic rings. The molecule has 0 saturated carbocycles. The van der Waals surface area contributed by atoms with Crippen molar-refractivity contribution >= 4 is 11.8 Å². The van der Waals surface area contributed by atoms with Gasteiger partial charge < -0.3 is 20.6 Å². The lowest BCUT2D eigenvalue weighted by Gasteiger charge is -2.35. The standard InChI is InChI=1S/C17H20FN5O/c18-14-11-13(4-5-15(14)24)12-21-17(19)23-9-7-22(8-10-23)16-3-1-2-6-20-16/h1-6,11,24H,7-10,12H2,(H2,19,21). The molecule has 6 nitrogen and oxygen atoms in total. The van der Waals surface area contributed by atoms with Gasteiger partial charge in [-0.2, -0.15) is 0 Å². The highest BCUT2D eigenvalue weighted by atomic mass is 19.1. The van der Waals surface area contributed by atoms with Gasteiger partial charge in [0.05, 0.1) is 6.54 Å². The Balaban J connectivity index is 1.56. The Kier molecular flexibility index (Phi) is 4.79. The zero-order chi connectivity index (χ0) is 16.9. The zero-order valence-electron chi connectivity index (χ0n) is 13.3. The number of phenols is 1. The number of aromatic hydroxyl groups is 1. The fraction of sp³-hybridized carbons (Fsp3) is 0.294. The Labute approximate surface area is 140 Å². The van der Waals surface area contributed by atoms with Gasteiger partial charge >= 0.3 is 0 Å². The highest BCUT2D eigenvalue weighted by Gasteiger charge is 2.19. The number of pyridine rings is 1. The molecule has 7 heteroatoms. The average molecular weight is 329 g/mol. The monoisotopic (exact) mass is 329 g/mol. The van der Waals surface area contributed by atoms with Crippen molar-refractivity contribution in [3.05, 3.63) is 54.0 Å². The molecule has 2 heterocycles. The van der Waals surface area contributed by atoms with Crippen LogP contribution in [0.3, 0.4) is 0 Å². The number of piperazine rings is 1. The molecule has 0 spiro atoms. The van der Waals surface area contributed by atoms with Gasteiger partial charge in [-0.05, 0) is 29.8 Å². The average Bonchev–Trinajstić information content (AvgIpc) is 2.63. The molecule has 0 bridgehead atoms. The number of halogens is 1.